The first-order valence-electron chi connectivity index (χ1n) is 21.7. The molecule has 0 aromatic rings. The lowest BCUT2D eigenvalue weighted by Crippen LogP contribution is -2.37. The SMILES string of the molecule is CC/C=C/C=C/C=C/C=C/CCCCCCCC(=O)O[C@H](COC(=O)CCCCCCCCC/C=C/C/C=C/CCCCC)COP(=O)([O-])OCC[N+](C)(C)C. The fourth-order valence-corrected chi connectivity index (χ4v) is 6.13. The van der Waals surface area contributed by atoms with E-state index in [4.69, 9.17) is 18.5 Å². The Bertz CT molecular complexity index is 1180. The summed E-state index contributed by atoms with van der Waals surface area (Å²) in [4.78, 5) is 37.5. The smallest absolute Gasteiger partial charge is 0.306 e. The number of rotatable bonds is 38. The Morgan fingerprint density at radius 2 is 1.09 bits per heavy atom. The van der Waals surface area contributed by atoms with E-state index in [1.807, 2.05) is 51.5 Å². The number of carbonyl (C=O) groups is 2. The molecule has 0 aromatic carbocycles. The Kier molecular flexibility index (Phi) is 36.3. The van der Waals surface area contributed by atoms with Gasteiger partial charge in [0.1, 0.15) is 19.8 Å². The highest BCUT2D eigenvalue weighted by Gasteiger charge is 2.21. The van der Waals surface area contributed by atoms with Crippen molar-refractivity contribution in [3.8, 4) is 0 Å². The third kappa shape index (κ3) is 41.1. The molecular weight excluding hydrogens is 725 g/mol. The van der Waals surface area contributed by atoms with E-state index in [0.29, 0.717) is 23.9 Å². The van der Waals surface area contributed by atoms with Crippen LogP contribution in [0.1, 0.15) is 155 Å². The lowest BCUT2D eigenvalue weighted by Gasteiger charge is -2.28. The molecule has 0 fully saturated rings. The quantitative estimate of drug-likeness (QED) is 0.0151. The monoisotopic (exact) mass is 806 g/mol. The molecular formula is C46H80NO8P. The van der Waals surface area contributed by atoms with Crippen LogP contribution in [0.5, 0.6) is 0 Å². The van der Waals surface area contributed by atoms with Crippen molar-refractivity contribution in [3.05, 3.63) is 72.9 Å². The molecule has 0 N–H and O–H groups in total. The third-order valence-corrected chi connectivity index (χ3v) is 9.77. The summed E-state index contributed by atoms with van der Waals surface area (Å²) in [5.74, 6) is -0.877. The second-order valence-electron chi connectivity index (χ2n) is 15.4. The minimum atomic E-state index is -4.64. The molecule has 0 radical (unpaired) electrons. The van der Waals surface area contributed by atoms with Gasteiger partial charge in [-0.05, 0) is 64.2 Å². The van der Waals surface area contributed by atoms with Gasteiger partial charge in [0.15, 0.2) is 6.10 Å². The first-order chi connectivity index (χ1) is 27.0. The van der Waals surface area contributed by atoms with E-state index in [-0.39, 0.29) is 26.1 Å². The Morgan fingerprint density at radius 1 is 0.589 bits per heavy atom. The summed E-state index contributed by atoms with van der Waals surface area (Å²) >= 11 is 0. The molecule has 0 rings (SSSR count). The number of unbranched alkanes of at least 4 members (excludes halogenated alkanes) is 15. The summed E-state index contributed by atoms with van der Waals surface area (Å²) in [6.45, 7) is 4.00. The Hall–Kier alpha value is -2.55. The normalized spacial score (nSPS) is 14.3. The van der Waals surface area contributed by atoms with Gasteiger partial charge in [-0.25, -0.2) is 0 Å². The fraction of sp³-hybridized carbons (Fsp3) is 0.696. The lowest BCUT2D eigenvalue weighted by molar-refractivity contribution is -0.870. The van der Waals surface area contributed by atoms with Crippen molar-refractivity contribution in [3.63, 3.8) is 0 Å². The summed E-state index contributed by atoms with van der Waals surface area (Å²) < 4.78 is 33.8. The number of esters is 2. The molecule has 2 atom stereocenters. The van der Waals surface area contributed by atoms with Crippen LogP contribution in [0.25, 0.3) is 0 Å². The molecule has 0 spiro atoms. The summed E-state index contributed by atoms with van der Waals surface area (Å²) in [6.07, 6.45) is 46.4. The van der Waals surface area contributed by atoms with Crippen LogP contribution in [0.2, 0.25) is 0 Å². The minimum absolute atomic E-state index is 0.0411. The van der Waals surface area contributed by atoms with Crippen LogP contribution >= 0.6 is 7.82 Å². The van der Waals surface area contributed by atoms with E-state index in [2.05, 4.69) is 56.4 Å². The predicted molar refractivity (Wildman–Crippen MR) is 231 cm³/mol. The number of ether oxygens (including phenoxy) is 2. The number of carbonyl (C=O) groups excluding carboxylic acids is 2. The highest BCUT2D eigenvalue weighted by atomic mass is 31.2. The van der Waals surface area contributed by atoms with Crippen LogP contribution in [-0.2, 0) is 32.7 Å². The van der Waals surface area contributed by atoms with Gasteiger partial charge in [-0.15, -0.1) is 0 Å². The van der Waals surface area contributed by atoms with E-state index in [1.54, 1.807) is 0 Å². The van der Waals surface area contributed by atoms with E-state index in [1.165, 1.54) is 44.9 Å². The summed E-state index contributed by atoms with van der Waals surface area (Å²) in [5, 5.41) is 0. The van der Waals surface area contributed by atoms with Crippen molar-refractivity contribution in [1.82, 2.24) is 0 Å². The number of phosphoric acid groups is 1. The molecule has 10 heteroatoms. The number of nitrogens with zero attached hydrogens (tertiary/aromatic N) is 1. The molecule has 0 aliphatic carbocycles. The van der Waals surface area contributed by atoms with E-state index in [9.17, 15) is 19.0 Å². The number of hydrogen-bond donors (Lipinski definition) is 0. The van der Waals surface area contributed by atoms with Crippen LogP contribution in [-0.4, -0.2) is 70.0 Å². The molecule has 0 saturated heterocycles. The third-order valence-electron chi connectivity index (χ3n) is 8.81. The van der Waals surface area contributed by atoms with Crippen LogP contribution in [0.3, 0.4) is 0 Å². The molecule has 0 bridgehead atoms. The maximum atomic E-state index is 12.7. The molecule has 0 aromatic heterocycles. The van der Waals surface area contributed by atoms with Gasteiger partial charge in [0, 0.05) is 12.8 Å². The number of allylic oxidation sites excluding steroid dienone is 12. The van der Waals surface area contributed by atoms with Gasteiger partial charge in [0.25, 0.3) is 7.82 Å². The average Bonchev–Trinajstić information content (AvgIpc) is 3.15. The lowest BCUT2D eigenvalue weighted by atomic mass is 10.1. The highest BCUT2D eigenvalue weighted by molar-refractivity contribution is 7.45. The second-order valence-corrected chi connectivity index (χ2v) is 16.8. The molecule has 322 valence electrons. The van der Waals surface area contributed by atoms with Crippen molar-refractivity contribution in [1.29, 1.82) is 0 Å². The van der Waals surface area contributed by atoms with Crippen molar-refractivity contribution in [2.24, 2.45) is 0 Å². The molecule has 56 heavy (non-hydrogen) atoms. The largest absolute Gasteiger partial charge is 0.756 e. The van der Waals surface area contributed by atoms with Gasteiger partial charge in [0.2, 0.25) is 0 Å². The molecule has 0 saturated carbocycles. The van der Waals surface area contributed by atoms with Gasteiger partial charge in [0.05, 0.1) is 27.7 Å². The zero-order chi connectivity index (χ0) is 41.4. The first-order valence-corrected chi connectivity index (χ1v) is 23.2. The molecule has 0 amide bonds. The summed E-state index contributed by atoms with van der Waals surface area (Å²) in [5.41, 5.74) is 0. The topological polar surface area (TPSA) is 111 Å². The van der Waals surface area contributed by atoms with Gasteiger partial charge in [-0.3, -0.25) is 14.2 Å². The van der Waals surface area contributed by atoms with Gasteiger partial charge < -0.3 is 27.9 Å². The van der Waals surface area contributed by atoms with E-state index in [0.717, 1.165) is 70.6 Å². The summed E-state index contributed by atoms with van der Waals surface area (Å²) in [7, 11) is 1.13. The van der Waals surface area contributed by atoms with E-state index >= 15 is 0 Å². The van der Waals surface area contributed by atoms with Crippen LogP contribution in [0.4, 0.5) is 0 Å². The van der Waals surface area contributed by atoms with Crippen molar-refractivity contribution in [2.45, 2.75) is 161 Å². The Morgan fingerprint density at radius 3 is 1.66 bits per heavy atom. The van der Waals surface area contributed by atoms with E-state index < -0.39 is 32.5 Å². The van der Waals surface area contributed by atoms with Crippen LogP contribution in [0.15, 0.2) is 72.9 Å². The summed E-state index contributed by atoms with van der Waals surface area (Å²) in [6, 6.07) is 0. The maximum Gasteiger partial charge on any atom is 0.306 e. The van der Waals surface area contributed by atoms with Gasteiger partial charge in [-0.2, -0.15) is 0 Å². The number of hydrogen-bond acceptors (Lipinski definition) is 8. The van der Waals surface area contributed by atoms with Crippen molar-refractivity contribution in [2.75, 3.05) is 47.5 Å². The molecule has 0 aliphatic heterocycles. The second kappa shape index (κ2) is 38.0. The zero-order valence-corrected chi connectivity index (χ0v) is 36.9. The zero-order valence-electron chi connectivity index (χ0n) is 36.1. The maximum absolute atomic E-state index is 12.7. The molecule has 0 aliphatic rings. The highest BCUT2D eigenvalue weighted by Crippen LogP contribution is 2.38. The Labute approximate surface area is 342 Å². The molecule has 1 unspecified atom stereocenters. The average molecular weight is 806 g/mol. The molecule has 9 nitrogen and oxygen atoms in total. The predicted octanol–water partition coefficient (Wildman–Crippen LogP) is 11.6. The van der Waals surface area contributed by atoms with Crippen LogP contribution in [0, 0.1) is 0 Å². The number of likely N-dealkylation sites (N-methyl/N-ethyl adjacent to an activating group) is 1. The van der Waals surface area contributed by atoms with Crippen molar-refractivity contribution < 1.29 is 42.1 Å². The van der Waals surface area contributed by atoms with Gasteiger partial charge >= 0.3 is 11.9 Å². The standard InChI is InChI=1S/C46H80NO8P/c1-6-8-10-12-14-16-18-20-22-23-25-26-28-30-32-34-36-38-45(48)52-42-44(43-54-56(50,51)53-41-40-47(3,4)5)55-46(49)39-37-35-33-31-29-27-24-21-19-17-15-13-11-9-7-2/h9,11,13-17,19-22,24,44H,6-8,10,12,18,23,25-43H2,1-5H3/b11-9+,15-13+,16-14+,19-17+,22-20+,24-21+/t44-/m1/s1. The Balaban J connectivity index is 4.43. The van der Waals surface area contributed by atoms with Crippen LogP contribution < -0.4 is 4.89 Å². The number of phosphoric ester groups is 1. The van der Waals surface area contributed by atoms with Gasteiger partial charge in [-0.1, -0.05) is 151 Å². The van der Waals surface area contributed by atoms with Crippen molar-refractivity contribution >= 4 is 19.8 Å². The molecule has 0 heterocycles. The number of quaternary nitrogens is 1. The minimum Gasteiger partial charge on any atom is -0.756 e. The first kappa shape index (κ1) is 53.5. The fourth-order valence-electron chi connectivity index (χ4n) is 5.40.